The third kappa shape index (κ3) is 4.16. The topological polar surface area (TPSA) is 43.4 Å². The Morgan fingerprint density at radius 2 is 1.80 bits per heavy atom. The van der Waals surface area contributed by atoms with Crippen molar-refractivity contribution in [1.29, 1.82) is 0 Å². The molecule has 0 radical (unpaired) electrons. The molecule has 20 heavy (non-hydrogen) atoms. The van der Waals surface area contributed by atoms with Gasteiger partial charge < -0.3 is 14.8 Å². The van der Waals surface area contributed by atoms with E-state index < -0.39 is 0 Å². The highest BCUT2D eigenvalue weighted by Crippen LogP contribution is 2.18. The molecule has 0 saturated heterocycles. The summed E-state index contributed by atoms with van der Waals surface area (Å²) >= 11 is 0. The van der Waals surface area contributed by atoms with Crippen molar-refractivity contribution in [3.8, 4) is 11.5 Å². The quantitative estimate of drug-likeness (QED) is 0.876. The Balaban J connectivity index is 1.84. The van der Waals surface area contributed by atoms with Crippen LogP contribution in [0.5, 0.6) is 11.5 Å². The normalized spacial score (nSPS) is 11.8. The number of benzene rings is 1. The molecule has 0 fully saturated rings. The molecule has 0 bridgehead atoms. The molecular weight excluding hydrogens is 252 g/mol. The standard InChI is InChI=1S/C16H20N2O2/c1-12-5-4-6-16(18-12)17-11-13(2)20-15-9-7-14(19-3)8-10-15/h4-10,13H,11H2,1-3H3,(H,17,18). The summed E-state index contributed by atoms with van der Waals surface area (Å²) in [5.74, 6) is 2.53. The fourth-order valence-electron chi connectivity index (χ4n) is 1.82. The minimum Gasteiger partial charge on any atom is -0.497 e. The van der Waals surface area contributed by atoms with Crippen LogP contribution in [0, 0.1) is 6.92 Å². The van der Waals surface area contributed by atoms with Gasteiger partial charge in [-0.3, -0.25) is 0 Å². The molecule has 1 aromatic heterocycles. The van der Waals surface area contributed by atoms with Gasteiger partial charge in [-0.05, 0) is 50.2 Å². The predicted molar refractivity (Wildman–Crippen MR) is 80.5 cm³/mol. The van der Waals surface area contributed by atoms with E-state index in [0.717, 1.165) is 23.0 Å². The van der Waals surface area contributed by atoms with Crippen LogP contribution in [0.1, 0.15) is 12.6 Å². The average molecular weight is 272 g/mol. The van der Waals surface area contributed by atoms with Crippen molar-refractivity contribution in [3.63, 3.8) is 0 Å². The lowest BCUT2D eigenvalue weighted by Gasteiger charge is -2.16. The van der Waals surface area contributed by atoms with Gasteiger partial charge in [0.2, 0.25) is 0 Å². The third-order valence-electron chi connectivity index (χ3n) is 2.86. The van der Waals surface area contributed by atoms with E-state index in [1.54, 1.807) is 7.11 Å². The van der Waals surface area contributed by atoms with E-state index in [9.17, 15) is 0 Å². The Labute approximate surface area is 119 Å². The monoisotopic (exact) mass is 272 g/mol. The number of hydrogen-bond acceptors (Lipinski definition) is 4. The van der Waals surface area contributed by atoms with Gasteiger partial charge in [-0.25, -0.2) is 4.98 Å². The molecular formula is C16H20N2O2. The molecule has 4 heteroatoms. The molecule has 0 saturated carbocycles. The second-order valence-corrected chi connectivity index (χ2v) is 4.65. The van der Waals surface area contributed by atoms with Crippen LogP contribution in [-0.4, -0.2) is 24.7 Å². The number of aromatic nitrogens is 1. The highest BCUT2D eigenvalue weighted by molar-refractivity contribution is 5.35. The molecule has 0 spiro atoms. The van der Waals surface area contributed by atoms with E-state index in [2.05, 4.69) is 10.3 Å². The number of hydrogen-bond donors (Lipinski definition) is 1. The summed E-state index contributed by atoms with van der Waals surface area (Å²) in [4.78, 5) is 4.39. The zero-order valence-electron chi connectivity index (χ0n) is 12.1. The molecule has 0 amide bonds. The Morgan fingerprint density at radius 1 is 1.10 bits per heavy atom. The fraction of sp³-hybridized carbons (Fsp3) is 0.312. The number of nitrogens with zero attached hydrogens (tertiary/aromatic N) is 1. The lowest BCUT2D eigenvalue weighted by molar-refractivity contribution is 0.234. The molecule has 1 heterocycles. The van der Waals surface area contributed by atoms with Crippen molar-refractivity contribution in [3.05, 3.63) is 48.2 Å². The number of anilines is 1. The molecule has 4 nitrogen and oxygen atoms in total. The number of rotatable bonds is 6. The maximum Gasteiger partial charge on any atom is 0.126 e. The van der Waals surface area contributed by atoms with Crippen LogP contribution < -0.4 is 14.8 Å². The van der Waals surface area contributed by atoms with Crippen molar-refractivity contribution in [2.24, 2.45) is 0 Å². The first kappa shape index (κ1) is 14.2. The second kappa shape index (κ2) is 6.80. The first-order valence-corrected chi connectivity index (χ1v) is 6.65. The maximum absolute atomic E-state index is 5.82. The van der Waals surface area contributed by atoms with Crippen molar-refractivity contribution < 1.29 is 9.47 Å². The summed E-state index contributed by atoms with van der Waals surface area (Å²) in [6.07, 6.45) is 0.0470. The zero-order chi connectivity index (χ0) is 14.4. The van der Waals surface area contributed by atoms with Crippen molar-refractivity contribution >= 4 is 5.82 Å². The predicted octanol–water partition coefficient (Wildman–Crippen LogP) is 3.28. The van der Waals surface area contributed by atoms with Gasteiger partial charge in [0.15, 0.2) is 0 Å². The van der Waals surface area contributed by atoms with Crippen LogP contribution in [-0.2, 0) is 0 Å². The summed E-state index contributed by atoms with van der Waals surface area (Å²) in [6.45, 7) is 4.69. The molecule has 0 aliphatic carbocycles. The zero-order valence-corrected chi connectivity index (χ0v) is 12.1. The van der Waals surface area contributed by atoms with Gasteiger partial charge in [-0.2, -0.15) is 0 Å². The minimum absolute atomic E-state index is 0.0470. The van der Waals surface area contributed by atoms with Crippen LogP contribution in [0.25, 0.3) is 0 Å². The fourth-order valence-corrected chi connectivity index (χ4v) is 1.82. The van der Waals surface area contributed by atoms with E-state index >= 15 is 0 Å². The van der Waals surface area contributed by atoms with Gasteiger partial charge in [-0.15, -0.1) is 0 Å². The first-order valence-electron chi connectivity index (χ1n) is 6.65. The third-order valence-corrected chi connectivity index (χ3v) is 2.86. The van der Waals surface area contributed by atoms with Gasteiger partial charge in [0.25, 0.3) is 0 Å². The van der Waals surface area contributed by atoms with Crippen LogP contribution in [0.3, 0.4) is 0 Å². The van der Waals surface area contributed by atoms with Gasteiger partial charge in [0, 0.05) is 5.69 Å². The highest BCUT2D eigenvalue weighted by atomic mass is 16.5. The molecule has 1 unspecified atom stereocenters. The molecule has 0 aliphatic rings. The molecule has 1 atom stereocenters. The van der Waals surface area contributed by atoms with Crippen LogP contribution in [0.15, 0.2) is 42.5 Å². The highest BCUT2D eigenvalue weighted by Gasteiger charge is 2.04. The Morgan fingerprint density at radius 3 is 2.45 bits per heavy atom. The molecule has 2 rings (SSSR count). The van der Waals surface area contributed by atoms with Crippen LogP contribution in [0.4, 0.5) is 5.82 Å². The number of nitrogens with one attached hydrogen (secondary N) is 1. The van der Waals surface area contributed by atoms with Crippen LogP contribution >= 0.6 is 0 Å². The maximum atomic E-state index is 5.82. The van der Waals surface area contributed by atoms with Crippen LogP contribution in [0.2, 0.25) is 0 Å². The summed E-state index contributed by atoms with van der Waals surface area (Å²) in [6, 6.07) is 13.5. The van der Waals surface area contributed by atoms with E-state index in [1.807, 2.05) is 56.3 Å². The molecule has 1 N–H and O–H groups in total. The van der Waals surface area contributed by atoms with Gasteiger partial charge in [0.05, 0.1) is 13.7 Å². The second-order valence-electron chi connectivity index (χ2n) is 4.65. The Bertz CT molecular complexity index is 540. The first-order chi connectivity index (χ1) is 9.67. The smallest absolute Gasteiger partial charge is 0.126 e. The molecule has 2 aromatic rings. The summed E-state index contributed by atoms with van der Waals surface area (Å²) in [5, 5.41) is 3.27. The minimum atomic E-state index is 0.0470. The van der Waals surface area contributed by atoms with E-state index in [4.69, 9.17) is 9.47 Å². The Kier molecular flexibility index (Phi) is 4.82. The Hall–Kier alpha value is -2.23. The van der Waals surface area contributed by atoms with E-state index in [1.165, 1.54) is 0 Å². The molecule has 0 aliphatic heterocycles. The van der Waals surface area contributed by atoms with E-state index in [0.29, 0.717) is 6.54 Å². The summed E-state index contributed by atoms with van der Waals surface area (Å²) in [5.41, 5.74) is 0.999. The van der Waals surface area contributed by atoms with Crippen molar-refractivity contribution in [2.75, 3.05) is 19.0 Å². The van der Waals surface area contributed by atoms with Crippen molar-refractivity contribution in [2.45, 2.75) is 20.0 Å². The van der Waals surface area contributed by atoms with Gasteiger partial charge in [0.1, 0.15) is 23.4 Å². The molecule has 1 aromatic carbocycles. The SMILES string of the molecule is COc1ccc(OC(C)CNc2cccc(C)n2)cc1. The van der Waals surface area contributed by atoms with Gasteiger partial charge >= 0.3 is 0 Å². The lowest BCUT2D eigenvalue weighted by Crippen LogP contribution is -2.23. The molecule has 106 valence electrons. The number of ether oxygens (including phenoxy) is 2. The lowest BCUT2D eigenvalue weighted by atomic mass is 10.3. The summed E-state index contributed by atoms with van der Waals surface area (Å²) < 4.78 is 10.9. The number of pyridine rings is 1. The number of aryl methyl sites for hydroxylation is 1. The van der Waals surface area contributed by atoms with Gasteiger partial charge in [-0.1, -0.05) is 6.07 Å². The summed E-state index contributed by atoms with van der Waals surface area (Å²) in [7, 11) is 1.65. The largest absolute Gasteiger partial charge is 0.497 e. The van der Waals surface area contributed by atoms with Crippen molar-refractivity contribution in [1.82, 2.24) is 4.98 Å². The number of methoxy groups -OCH3 is 1. The van der Waals surface area contributed by atoms with E-state index in [-0.39, 0.29) is 6.10 Å². The average Bonchev–Trinajstić information content (AvgIpc) is 2.46.